The van der Waals surface area contributed by atoms with Crippen molar-refractivity contribution in [3.05, 3.63) is 0 Å². The highest BCUT2D eigenvalue weighted by molar-refractivity contribution is 5.76. The van der Waals surface area contributed by atoms with Crippen molar-refractivity contribution in [1.82, 2.24) is 5.32 Å². The Morgan fingerprint density at radius 3 is 0.785 bits per heavy atom. The number of hydrogen-bond donors (Lipinski definition) is 22. The van der Waals surface area contributed by atoms with Crippen LogP contribution in [0.25, 0.3) is 0 Å². The molecule has 0 aromatic rings. The molecule has 35 atom stereocenters. The highest BCUT2D eigenvalue weighted by atomic mass is 16.8. The average molecular weight is 1550 g/mol. The molecule has 0 saturated carbocycles. The van der Waals surface area contributed by atoms with E-state index in [1.54, 1.807) is 0 Å². The molecule has 37 heteroatoms. The van der Waals surface area contributed by atoms with Crippen molar-refractivity contribution in [2.45, 2.75) is 382 Å². The summed E-state index contributed by atoms with van der Waals surface area (Å²) in [4.78, 5) is 13.7. The number of nitrogens with two attached hydrogens (primary N) is 6. The number of carbonyl (C=O) groups is 1. The molecule has 0 aromatic heterocycles. The summed E-state index contributed by atoms with van der Waals surface area (Å²) in [6.07, 6.45) is -18.9. The second-order valence-electron chi connectivity index (χ2n) is 29.7. The quantitative estimate of drug-likeness (QED) is 0.0252. The van der Waals surface area contributed by atoms with Crippen LogP contribution < -0.4 is 39.7 Å². The van der Waals surface area contributed by atoms with Gasteiger partial charge in [0.25, 0.3) is 0 Å². The molecule has 0 bridgehead atoms. The van der Waals surface area contributed by atoms with Crippen LogP contribution >= 0.6 is 0 Å². The minimum atomic E-state index is -1.85. The van der Waals surface area contributed by atoms with Crippen LogP contribution in [-0.4, -0.2) is 350 Å². The second-order valence-corrected chi connectivity index (χ2v) is 29.7. The molecule has 7 heterocycles. The third kappa shape index (κ3) is 25.0. The zero-order valence-corrected chi connectivity index (χ0v) is 62.1. The molecule has 37 nitrogen and oxygen atoms in total. The fraction of sp³-hybridized carbons (Fsp3) is 0.986. The van der Waals surface area contributed by atoms with Crippen molar-refractivity contribution in [3.8, 4) is 0 Å². The van der Waals surface area contributed by atoms with E-state index in [9.17, 15) is 81.4 Å². The smallest absolute Gasteiger partial charge is 0.220 e. The summed E-state index contributed by atoms with van der Waals surface area (Å²) in [7, 11) is 0. The Hall–Kier alpha value is -1.93. The maximum atomic E-state index is 13.7. The summed E-state index contributed by atoms with van der Waals surface area (Å²) >= 11 is 0. The summed E-state index contributed by atoms with van der Waals surface area (Å²) in [5, 5.41) is 168. The Morgan fingerprint density at radius 1 is 0.290 bits per heavy atom. The minimum Gasteiger partial charge on any atom is -0.394 e. The van der Waals surface area contributed by atoms with Gasteiger partial charge in [0.2, 0.25) is 5.91 Å². The molecular formula is C70H133N7O30. The van der Waals surface area contributed by atoms with Gasteiger partial charge in [0.05, 0.1) is 82.5 Å². The van der Waals surface area contributed by atoms with Gasteiger partial charge in [0, 0.05) is 13.0 Å². The molecule has 0 spiro atoms. The van der Waals surface area contributed by atoms with Gasteiger partial charge in [-0.3, -0.25) is 4.79 Å². The molecule has 7 saturated heterocycles. The van der Waals surface area contributed by atoms with Gasteiger partial charge in [-0.25, -0.2) is 0 Å². The highest BCUT2D eigenvalue weighted by Crippen LogP contribution is 2.38. The van der Waals surface area contributed by atoms with Gasteiger partial charge >= 0.3 is 0 Å². The number of aliphatic hydroxyl groups excluding tert-OH is 15. The monoisotopic (exact) mass is 1550 g/mol. The predicted octanol–water partition coefficient (Wildman–Crippen LogP) is -5.93. The standard InChI is InChI=1S/C70H133N7O30/c1-3-5-7-9-11-13-15-17-19-21-23-25-27-94-70-49(77-42(85)26-24-22-20-18-16-14-12-10-8-6-4-2)57(93)63(41(34-84)101-70)107-69-48(76)56(92)62(40(33-83)100-69)106-68-47(75)55(91)61(39(32-82)99-68)105-67-46(74)54(90)60(38(31-81)98-67)104-66-45(73)53(89)59(37(30-80)97-66)103-65-44(72)52(88)58(36(29-79)96-65)102-64-43(71)51(87)50(86)35(28-78)95-64/h35-41,43-70,78-84,86-93H,3-34,71-76H2,1-2H3,(H,77,85)/t35-,36-,37-,38-,39-,40-,41-,43-,44-,45-,46-,47-,48-,49-,50-,51-,52-,53-,54-,55-,56-,57-,58-,59-,60-,61-,62-,63-,64+,65+,66+,67+,68+,69+,70-/m1/s1. The molecule has 28 N–H and O–H groups in total. The molecule has 0 radical (unpaired) electrons. The Labute approximate surface area is 626 Å². The number of aliphatic hydroxyl groups is 15. The fourth-order valence-corrected chi connectivity index (χ4v) is 14.9. The first kappa shape index (κ1) is 92.2. The van der Waals surface area contributed by atoms with Gasteiger partial charge in [0.1, 0.15) is 134 Å². The van der Waals surface area contributed by atoms with E-state index in [0.717, 1.165) is 51.4 Å². The molecule has 0 unspecified atom stereocenters. The molecule has 7 rings (SSSR count). The van der Waals surface area contributed by atoms with E-state index in [0.29, 0.717) is 12.8 Å². The van der Waals surface area contributed by atoms with E-state index < -0.39 is 261 Å². The first-order chi connectivity index (χ1) is 51.5. The van der Waals surface area contributed by atoms with Gasteiger partial charge in [0.15, 0.2) is 44.0 Å². The van der Waals surface area contributed by atoms with Gasteiger partial charge in [-0.2, -0.15) is 0 Å². The lowest BCUT2D eigenvalue weighted by Gasteiger charge is -2.51. The molecular weight excluding hydrogens is 1420 g/mol. The number of nitrogens with one attached hydrogen (secondary N) is 1. The third-order valence-corrected chi connectivity index (χ3v) is 21.6. The normalized spacial score (nSPS) is 42.2. The lowest BCUT2D eigenvalue weighted by Crippen LogP contribution is -2.71. The summed E-state index contributed by atoms with van der Waals surface area (Å²) in [5.74, 6) is -0.356. The Balaban J connectivity index is 0.921. The summed E-state index contributed by atoms with van der Waals surface area (Å²) in [5.41, 5.74) is 38.4. The van der Waals surface area contributed by atoms with Crippen LogP contribution in [0.4, 0.5) is 0 Å². The molecule has 0 aliphatic carbocycles. The fourth-order valence-electron chi connectivity index (χ4n) is 14.9. The van der Waals surface area contributed by atoms with Crippen LogP contribution in [0.1, 0.15) is 168 Å². The van der Waals surface area contributed by atoms with Crippen LogP contribution in [0.2, 0.25) is 0 Å². The maximum absolute atomic E-state index is 13.7. The van der Waals surface area contributed by atoms with E-state index in [1.807, 2.05) is 0 Å². The van der Waals surface area contributed by atoms with Crippen LogP contribution in [0.5, 0.6) is 0 Å². The first-order valence-electron chi connectivity index (χ1n) is 39.1. The first-order valence-corrected chi connectivity index (χ1v) is 39.1. The van der Waals surface area contributed by atoms with Crippen molar-refractivity contribution in [2.75, 3.05) is 52.9 Å². The summed E-state index contributed by atoms with van der Waals surface area (Å²) in [6, 6.07) is -10.5. The van der Waals surface area contributed by atoms with E-state index in [4.69, 9.17) is 101 Å². The number of ether oxygens (including phenoxy) is 14. The molecule has 7 aliphatic rings. The minimum absolute atomic E-state index is 0.168. The molecule has 107 heavy (non-hydrogen) atoms. The van der Waals surface area contributed by atoms with Crippen LogP contribution in [0, 0.1) is 0 Å². The molecule has 7 fully saturated rings. The number of rotatable bonds is 46. The Kier molecular flexibility index (Phi) is 40.7. The van der Waals surface area contributed by atoms with Crippen LogP contribution in [0.3, 0.4) is 0 Å². The zero-order chi connectivity index (χ0) is 78.0. The number of amides is 1. The SMILES string of the molecule is CCCCCCCCCCCCCCO[C@@H]1O[C@H](CO)[C@@H](O[C@@H]2O[C@H](CO)[C@@H](O[C@@H]3O[C@H](CO)[C@@H](O[C@@H]4O[C@H](CO)[C@@H](O[C@@H]5O[C@H](CO)[C@@H](O[C@@H]6O[C@H](CO)[C@@H](O[C@@H]7O[C@H](CO)[C@@H](O)[C@H](O)[C@H]7N)[C@H](O)[C@H]6N)[C@H](O)[C@H]5N)[C@H](O)[C@H]4N)[C@H](O)[C@H]3N)[C@H](O)[C@H]2N)[C@H](O)[C@H]1NC(=O)CCCCCCCCCCCCC. The third-order valence-electron chi connectivity index (χ3n) is 21.6. The Bertz CT molecular complexity index is 2420. The van der Waals surface area contributed by atoms with E-state index >= 15 is 0 Å². The van der Waals surface area contributed by atoms with Crippen molar-refractivity contribution in [1.29, 1.82) is 0 Å². The lowest BCUT2D eigenvalue weighted by molar-refractivity contribution is -0.369. The summed E-state index contributed by atoms with van der Waals surface area (Å²) < 4.78 is 84.2. The van der Waals surface area contributed by atoms with E-state index in [1.165, 1.54) is 83.5 Å². The predicted molar refractivity (Wildman–Crippen MR) is 375 cm³/mol. The topological polar surface area (TPSA) is 618 Å². The van der Waals surface area contributed by atoms with Crippen molar-refractivity contribution in [3.63, 3.8) is 0 Å². The lowest BCUT2D eigenvalue weighted by atomic mass is 9.93. The number of unbranched alkanes of at least 4 members (excludes halogenated alkanes) is 21. The zero-order valence-electron chi connectivity index (χ0n) is 62.1. The molecule has 628 valence electrons. The average Bonchev–Trinajstić information content (AvgIpc) is 0.776. The van der Waals surface area contributed by atoms with Crippen molar-refractivity contribution < 1.29 is 148 Å². The van der Waals surface area contributed by atoms with E-state index in [-0.39, 0.29) is 18.9 Å². The van der Waals surface area contributed by atoms with Gasteiger partial charge in [-0.05, 0) is 12.8 Å². The maximum Gasteiger partial charge on any atom is 0.220 e. The van der Waals surface area contributed by atoms with Crippen molar-refractivity contribution in [2.24, 2.45) is 34.4 Å². The molecule has 7 aliphatic heterocycles. The van der Waals surface area contributed by atoms with Crippen LogP contribution in [0.15, 0.2) is 0 Å². The van der Waals surface area contributed by atoms with Gasteiger partial charge in [-0.15, -0.1) is 0 Å². The second kappa shape index (κ2) is 47.2. The van der Waals surface area contributed by atoms with Gasteiger partial charge in [-0.1, -0.05) is 149 Å². The van der Waals surface area contributed by atoms with E-state index in [2.05, 4.69) is 19.2 Å². The largest absolute Gasteiger partial charge is 0.394 e. The Morgan fingerprint density at radius 2 is 0.514 bits per heavy atom. The summed E-state index contributed by atoms with van der Waals surface area (Å²) in [6.45, 7) is -1.19. The van der Waals surface area contributed by atoms with Crippen LogP contribution in [-0.2, 0) is 71.1 Å². The number of carbonyl (C=O) groups excluding carboxylic acids is 1. The van der Waals surface area contributed by atoms with Crippen molar-refractivity contribution >= 4 is 5.91 Å². The number of hydrogen-bond acceptors (Lipinski definition) is 36. The highest BCUT2D eigenvalue weighted by Gasteiger charge is 2.58. The molecule has 0 aromatic carbocycles. The molecule has 1 amide bonds. The van der Waals surface area contributed by atoms with Gasteiger partial charge < -0.3 is 183 Å².